The minimum atomic E-state index is 0.239. The molecule has 0 aliphatic carbocycles. The largest absolute Gasteiger partial charge is 0.345 e. The van der Waals surface area contributed by atoms with E-state index in [1.807, 2.05) is 21.0 Å². The fraction of sp³-hybridized carbons (Fsp3) is 0.909. The van der Waals surface area contributed by atoms with Gasteiger partial charge in [-0.15, -0.1) is 0 Å². The average molecular weight is 213 g/mol. The Balaban J connectivity index is 2.26. The van der Waals surface area contributed by atoms with Crippen LogP contribution in [0.2, 0.25) is 0 Å². The maximum Gasteiger partial charge on any atom is 0.236 e. The Hall–Kier alpha value is -0.610. The zero-order valence-electron chi connectivity index (χ0n) is 10.1. The molecular weight excluding hydrogens is 190 g/mol. The summed E-state index contributed by atoms with van der Waals surface area (Å²) in [5.41, 5.74) is 0. The molecule has 0 bridgehead atoms. The van der Waals surface area contributed by atoms with Gasteiger partial charge >= 0.3 is 0 Å². The van der Waals surface area contributed by atoms with Crippen molar-refractivity contribution in [3.63, 3.8) is 0 Å². The predicted molar refractivity (Wildman–Crippen MR) is 61.8 cm³/mol. The molecule has 1 saturated heterocycles. The first-order valence-corrected chi connectivity index (χ1v) is 5.78. The summed E-state index contributed by atoms with van der Waals surface area (Å²) in [6.45, 7) is 6.58. The molecule has 1 aliphatic heterocycles. The van der Waals surface area contributed by atoms with Crippen LogP contribution in [0.15, 0.2) is 0 Å². The van der Waals surface area contributed by atoms with Gasteiger partial charge in [-0.05, 0) is 39.4 Å². The quantitative estimate of drug-likeness (QED) is 0.698. The van der Waals surface area contributed by atoms with Crippen LogP contribution in [0.3, 0.4) is 0 Å². The van der Waals surface area contributed by atoms with E-state index in [0.29, 0.717) is 6.54 Å². The second-order valence-electron chi connectivity index (χ2n) is 4.36. The molecule has 1 N–H and O–H groups in total. The molecule has 88 valence electrons. The lowest BCUT2D eigenvalue weighted by Crippen LogP contribution is -2.37. The molecule has 4 heteroatoms. The molecule has 1 aliphatic rings. The van der Waals surface area contributed by atoms with E-state index < -0.39 is 0 Å². The van der Waals surface area contributed by atoms with Crippen LogP contribution < -0.4 is 5.32 Å². The van der Waals surface area contributed by atoms with Crippen molar-refractivity contribution in [3.05, 3.63) is 0 Å². The average Bonchev–Trinajstić information content (AvgIpc) is 2.65. The highest BCUT2D eigenvalue weighted by Crippen LogP contribution is 2.14. The Kier molecular flexibility index (Phi) is 5.05. The van der Waals surface area contributed by atoms with E-state index in [2.05, 4.69) is 10.2 Å². The third-order valence-electron chi connectivity index (χ3n) is 3.12. The molecule has 0 spiro atoms. The van der Waals surface area contributed by atoms with Crippen molar-refractivity contribution < 1.29 is 4.79 Å². The minimum Gasteiger partial charge on any atom is -0.345 e. The third-order valence-corrected chi connectivity index (χ3v) is 3.12. The topological polar surface area (TPSA) is 35.6 Å². The van der Waals surface area contributed by atoms with Gasteiger partial charge in [-0.25, -0.2) is 0 Å². The number of likely N-dealkylation sites (tertiary alicyclic amines) is 1. The summed E-state index contributed by atoms with van der Waals surface area (Å²) in [6.07, 6.45) is 1.21. The first kappa shape index (κ1) is 12.5. The van der Waals surface area contributed by atoms with Crippen molar-refractivity contribution in [2.45, 2.75) is 13.3 Å². The summed E-state index contributed by atoms with van der Waals surface area (Å²) in [5.74, 6) is 0.956. The Labute approximate surface area is 92.6 Å². The number of carbonyl (C=O) groups is 1. The number of rotatable bonds is 5. The highest BCUT2D eigenvalue weighted by atomic mass is 16.2. The van der Waals surface area contributed by atoms with E-state index in [1.165, 1.54) is 6.42 Å². The second kappa shape index (κ2) is 6.08. The van der Waals surface area contributed by atoms with E-state index in [1.54, 1.807) is 4.90 Å². The summed E-state index contributed by atoms with van der Waals surface area (Å²) in [6, 6.07) is 0. The fourth-order valence-electron chi connectivity index (χ4n) is 2.00. The summed E-state index contributed by atoms with van der Waals surface area (Å²) in [5, 5.41) is 3.20. The molecule has 1 amide bonds. The first-order valence-electron chi connectivity index (χ1n) is 5.78. The normalized spacial score (nSPS) is 21.9. The van der Waals surface area contributed by atoms with Gasteiger partial charge in [0.25, 0.3) is 0 Å². The third kappa shape index (κ3) is 3.80. The lowest BCUT2D eigenvalue weighted by molar-refractivity contribution is -0.130. The molecule has 1 unspecified atom stereocenters. The van der Waals surface area contributed by atoms with Gasteiger partial charge < -0.3 is 10.2 Å². The lowest BCUT2D eigenvalue weighted by Gasteiger charge is -2.20. The summed E-state index contributed by atoms with van der Waals surface area (Å²) in [7, 11) is 3.85. The molecule has 0 saturated carbocycles. The Morgan fingerprint density at radius 2 is 2.33 bits per heavy atom. The van der Waals surface area contributed by atoms with Crippen molar-refractivity contribution in [1.82, 2.24) is 15.1 Å². The first-order chi connectivity index (χ1) is 7.17. The van der Waals surface area contributed by atoms with Gasteiger partial charge in [-0.2, -0.15) is 0 Å². The maximum atomic E-state index is 11.7. The van der Waals surface area contributed by atoms with Gasteiger partial charge in [-0.1, -0.05) is 0 Å². The molecule has 1 atom stereocenters. The molecule has 1 fully saturated rings. The van der Waals surface area contributed by atoms with Crippen LogP contribution in [0.4, 0.5) is 0 Å². The maximum absolute atomic E-state index is 11.7. The van der Waals surface area contributed by atoms with Crippen LogP contribution in [0.25, 0.3) is 0 Å². The van der Waals surface area contributed by atoms with Gasteiger partial charge in [0, 0.05) is 20.1 Å². The molecule has 0 aromatic rings. The van der Waals surface area contributed by atoms with Crippen molar-refractivity contribution in [2.75, 3.05) is 46.8 Å². The molecule has 1 heterocycles. The number of likely N-dealkylation sites (N-methyl/N-ethyl adjacent to an activating group) is 1. The van der Waals surface area contributed by atoms with Crippen LogP contribution in [0, 0.1) is 5.92 Å². The molecule has 4 nitrogen and oxygen atoms in total. The fourth-order valence-corrected chi connectivity index (χ4v) is 2.00. The van der Waals surface area contributed by atoms with Gasteiger partial charge in [0.2, 0.25) is 5.91 Å². The van der Waals surface area contributed by atoms with Crippen molar-refractivity contribution in [1.29, 1.82) is 0 Å². The molecule has 1 rings (SSSR count). The number of hydrogen-bond donors (Lipinski definition) is 1. The van der Waals surface area contributed by atoms with Crippen molar-refractivity contribution in [3.8, 4) is 0 Å². The second-order valence-corrected chi connectivity index (χ2v) is 4.36. The van der Waals surface area contributed by atoms with Crippen molar-refractivity contribution >= 4 is 5.91 Å². The summed E-state index contributed by atoms with van der Waals surface area (Å²) in [4.78, 5) is 15.7. The molecule has 0 aromatic carbocycles. The Morgan fingerprint density at radius 1 is 1.60 bits per heavy atom. The van der Waals surface area contributed by atoms with Crippen LogP contribution >= 0.6 is 0 Å². The number of nitrogens with zero attached hydrogens (tertiary/aromatic N) is 2. The summed E-state index contributed by atoms with van der Waals surface area (Å²) >= 11 is 0. The number of hydrogen-bond acceptors (Lipinski definition) is 3. The van der Waals surface area contributed by atoms with E-state index in [0.717, 1.165) is 32.1 Å². The van der Waals surface area contributed by atoms with Gasteiger partial charge in [-0.3, -0.25) is 9.69 Å². The zero-order chi connectivity index (χ0) is 11.3. The molecule has 15 heavy (non-hydrogen) atoms. The smallest absolute Gasteiger partial charge is 0.236 e. The van der Waals surface area contributed by atoms with E-state index in [9.17, 15) is 4.79 Å². The standard InChI is InChI=1S/C11H23N3O/c1-4-13(3)11(15)9-14-6-5-10(8-14)7-12-2/h10,12H,4-9H2,1-3H3. The number of nitrogens with one attached hydrogen (secondary N) is 1. The highest BCUT2D eigenvalue weighted by molar-refractivity contribution is 5.77. The van der Waals surface area contributed by atoms with Crippen LogP contribution in [0.5, 0.6) is 0 Å². The van der Waals surface area contributed by atoms with E-state index in [-0.39, 0.29) is 5.91 Å². The number of amides is 1. The molecule has 0 radical (unpaired) electrons. The van der Waals surface area contributed by atoms with E-state index in [4.69, 9.17) is 0 Å². The minimum absolute atomic E-state index is 0.239. The Morgan fingerprint density at radius 3 is 2.93 bits per heavy atom. The van der Waals surface area contributed by atoms with Crippen LogP contribution in [0.1, 0.15) is 13.3 Å². The van der Waals surface area contributed by atoms with Gasteiger partial charge in [0.15, 0.2) is 0 Å². The zero-order valence-corrected chi connectivity index (χ0v) is 10.1. The highest BCUT2D eigenvalue weighted by Gasteiger charge is 2.23. The number of carbonyl (C=O) groups excluding carboxylic acids is 1. The molecule has 0 aromatic heterocycles. The monoisotopic (exact) mass is 213 g/mol. The van der Waals surface area contributed by atoms with Gasteiger partial charge in [0.05, 0.1) is 6.54 Å². The molecular formula is C11H23N3O. The van der Waals surface area contributed by atoms with Crippen molar-refractivity contribution in [2.24, 2.45) is 5.92 Å². The summed E-state index contributed by atoms with van der Waals surface area (Å²) < 4.78 is 0. The Bertz CT molecular complexity index is 208. The van der Waals surface area contributed by atoms with E-state index >= 15 is 0 Å². The lowest BCUT2D eigenvalue weighted by atomic mass is 10.1. The van der Waals surface area contributed by atoms with Crippen LogP contribution in [-0.4, -0.2) is 62.5 Å². The SMILES string of the molecule is CCN(C)C(=O)CN1CCC(CNC)C1. The van der Waals surface area contributed by atoms with Crippen LogP contribution in [-0.2, 0) is 4.79 Å². The van der Waals surface area contributed by atoms with Gasteiger partial charge in [0.1, 0.15) is 0 Å². The predicted octanol–water partition coefficient (Wildman–Crippen LogP) is 0.00600.